The molecular weight excluding hydrogens is 288 g/mol. The summed E-state index contributed by atoms with van der Waals surface area (Å²) in [5, 5.41) is 4.71. The van der Waals surface area contributed by atoms with Gasteiger partial charge in [0.25, 0.3) is 5.95 Å². The molecule has 0 saturated heterocycles. The van der Waals surface area contributed by atoms with E-state index >= 15 is 0 Å². The SMILES string of the molecule is CCS(=O)(=O)Nc1ncn(Cc2ccc(Cl)cc2)n1. The number of halogens is 1. The van der Waals surface area contributed by atoms with Crippen molar-refractivity contribution >= 4 is 27.6 Å². The Morgan fingerprint density at radius 2 is 2.00 bits per heavy atom. The first-order valence-electron chi connectivity index (χ1n) is 5.63. The lowest BCUT2D eigenvalue weighted by Gasteiger charge is -2.02. The summed E-state index contributed by atoms with van der Waals surface area (Å²) < 4.78 is 26.6. The molecule has 2 rings (SSSR count). The van der Waals surface area contributed by atoms with Gasteiger partial charge in [0.1, 0.15) is 6.33 Å². The molecule has 1 aromatic carbocycles. The van der Waals surface area contributed by atoms with Crippen LogP contribution in [0.4, 0.5) is 5.95 Å². The normalized spacial score (nSPS) is 11.5. The molecule has 1 heterocycles. The molecule has 1 N–H and O–H groups in total. The van der Waals surface area contributed by atoms with Gasteiger partial charge in [-0.25, -0.2) is 17.8 Å². The molecule has 0 fully saturated rings. The van der Waals surface area contributed by atoms with Gasteiger partial charge in [-0.15, -0.1) is 5.10 Å². The second kappa shape index (κ2) is 5.58. The minimum absolute atomic E-state index is 0.0152. The van der Waals surface area contributed by atoms with Crippen LogP contribution in [0.3, 0.4) is 0 Å². The molecule has 0 saturated carbocycles. The van der Waals surface area contributed by atoms with E-state index in [1.165, 1.54) is 6.33 Å². The van der Waals surface area contributed by atoms with Crippen molar-refractivity contribution in [1.29, 1.82) is 0 Å². The molecule has 0 radical (unpaired) electrons. The molecule has 6 nitrogen and oxygen atoms in total. The van der Waals surface area contributed by atoms with Crippen molar-refractivity contribution in [3.63, 3.8) is 0 Å². The topological polar surface area (TPSA) is 76.9 Å². The Balaban J connectivity index is 2.07. The van der Waals surface area contributed by atoms with E-state index in [1.807, 2.05) is 12.1 Å². The summed E-state index contributed by atoms with van der Waals surface area (Å²) in [6, 6.07) is 7.32. The third-order valence-corrected chi connectivity index (χ3v) is 3.93. The molecule has 0 spiro atoms. The molecule has 102 valence electrons. The van der Waals surface area contributed by atoms with Crippen molar-refractivity contribution in [3.8, 4) is 0 Å². The lowest BCUT2D eigenvalue weighted by atomic mass is 10.2. The highest BCUT2D eigenvalue weighted by atomic mass is 35.5. The number of nitrogens with zero attached hydrogens (tertiary/aromatic N) is 3. The van der Waals surface area contributed by atoms with Crippen LogP contribution in [-0.2, 0) is 16.6 Å². The average molecular weight is 301 g/mol. The van der Waals surface area contributed by atoms with Crippen LogP contribution in [0.25, 0.3) is 0 Å². The number of nitrogens with one attached hydrogen (secondary N) is 1. The summed E-state index contributed by atoms with van der Waals surface area (Å²) >= 11 is 5.80. The quantitative estimate of drug-likeness (QED) is 0.912. The largest absolute Gasteiger partial charge is 0.255 e. The molecule has 0 aliphatic carbocycles. The maximum Gasteiger partial charge on any atom is 0.255 e. The zero-order valence-corrected chi connectivity index (χ0v) is 11.8. The van der Waals surface area contributed by atoms with Gasteiger partial charge >= 0.3 is 0 Å². The van der Waals surface area contributed by atoms with Gasteiger partial charge in [0.2, 0.25) is 10.0 Å². The maximum atomic E-state index is 11.4. The number of benzene rings is 1. The van der Waals surface area contributed by atoms with Crippen LogP contribution >= 0.6 is 11.6 Å². The molecule has 8 heteroatoms. The van der Waals surface area contributed by atoms with E-state index in [-0.39, 0.29) is 11.7 Å². The number of aromatic nitrogens is 3. The molecule has 19 heavy (non-hydrogen) atoms. The van der Waals surface area contributed by atoms with Gasteiger partial charge in [0.15, 0.2) is 0 Å². The van der Waals surface area contributed by atoms with E-state index in [0.29, 0.717) is 11.6 Å². The predicted octanol–water partition coefficient (Wildman–Crippen LogP) is 1.74. The van der Waals surface area contributed by atoms with Gasteiger partial charge in [-0.2, -0.15) is 4.98 Å². The Morgan fingerprint density at radius 3 is 2.63 bits per heavy atom. The smallest absolute Gasteiger partial charge is 0.250 e. The van der Waals surface area contributed by atoms with Crippen LogP contribution in [-0.4, -0.2) is 28.9 Å². The van der Waals surface area contributed by atoms with Crippen molar-refractivity contribution in [1.82, 2.24) is 14.8 Å². The number of hydrogen-bond donors (Lipinski definition) is 1. The van der Waals surface area contributed by atoms with E-state index in [1.54, 1.807) is 23.7 Å². The molecule has 0 amide bonds. The molecule has 0 aliphatic rings. The fourth-order valence-electron chi connectivity index (χ4n) is 1.41. The van der Waals surface area contributed by atoms with Gasteiger partial charge < -0.3 is 0 Å². The van der Waals surface area contributed by atoms with Gasteiger partial charge in [-0.1, -0.05) is 23.7 Å². The lowest BCUT2D eigenvalue weighted by molar-refractivity contribution is 0.601. The second-order valence-electron chi connectivity index (χ2n) is 3.90. The summed E-state index contributed by atoms with van der Waals surface area (Å²) in [4.78, 5) is 3.90. The van der Waals surface area contributed by atoms with E-state index in [2.05, 4.69) is 14.8 Å². The van der Waals surface area contributed by atoms with E-state index in [0.717, 1.165) is 5.56 Å². The zero-order chi connectivity index (χ0) is 13.9. The van der Waals surface area contributed by atoms with Gasteiger partial charge in [0, 0.05) is 5.02 Å². The summed E-state index contributed by atoms with van der Waals surface area (Å²) in [7, 11) is -3.34. The third-order valence-electron chi connectivity index (χ3n) is 2.42. The molecule has 0 unspecified atom stereocenters. The minimum Gasteiger partial charge on any atom is -0.250 e. The molecule has 1 aromatic heterocycles. The predicted molar refractivity (Wildman–Crippen MR) is 73.7 cm³/mol. The van der Waals surface area contributed by atoms with Crippen LogP contribution in [0.2, 0.25) is 5.02 Å². The summed E-state index contributed by atoms with van der Waals surface area (Å²) in [5.74, 6) is 0.0643. The Kier molecular flexibility index (Phi) is 4.06. The highest BCUT2D eigenvalue weighted by molar-refractivity contribution is 7.92. The second-order valence-corrected chi connectivity index (χ2v) is 6.35. The van der Waals surface area contributed by atoms with Crippen LogP contribution < -0.4 is 4.72 Å². The van der Waals surface area contributed by atoms with Gasteiger partial charge in [0.05, 0.1) is 12.3 Å². The highest BCUT2D eigenvalue weighted by Gasteiger charge is 2.10. The monoisotopic (exact) mass is 300 g/mol. The maximum absolute atomic E-state index is 11.4. The van der Waals surface area contributed by atoms with E-state index in [9.17, 15) is 8.42 Å². The van der Waals surface area contributed by atoms with Crippen LogP contribution in [0, 0.1) is 0 Å². The molecule has 2 aromatic rings. The Morgan fingerprint density at radius 1 is 1.32 bits per heavy atom. The van der Waals surface area contributed by atoms with E-state index < -0.39 is 10.0 Å². The number of hydrogen-bond acceptors (Lipinski definition) is 4. The van der Waals surface area contributed by atoms with Crippen LogP contribution in [0.1, 0.15) is 12.5 Å². The standard InChI is InChI=1S/C11H13ClN4O2S/c1-2-19(17,18)15-11-13-8-16(14-11)7-9-3-5-10(12)6-4-9/h3-6,8H,2,7H2,1H3,(H,14,15). The van der Waals surface area contributed by atoms with Crippen molar-refractivity contribution in [2.45, 2.75) is 13.5 Å². The first-order valence-corrected chi connectivity index (χ1v) is 7.66. The van der Waals surface area contributed by atoms with E-state index in [4.69, 9.17) is 11.6 Å². The minimum atomic E-state index is -3.34. The van der Waals surface area contributed by atoms with Crippen molar-refractivity contribution < 1.29 is 8.42 Å². The van der Waals surface area contributed by atoms with Crippen molar-refractivity contribution in [2.24, 2.45) is 0 Å². The van der Waals surface area contributed by atoms with Gasteiger partial charge in [-0.3, -0.25) is 0 Å². The fraction of sp³-hybridized carbons (Fsp3) is 0.273. The number of sulfonamides is 1. The van der Waals surface area contributed by atoms with Crippen molar-refractivity contribution in [2.75, 3.05) is 10.5 Å². The summed E-state index contributed by atoms with van der Waals surface area (Å²) in [6.07, 6.45) is 1.47. The molecule has 0 aliphatic heterocycles. The Hall–Kier alpha value is -1.60. The number of anilines is 1. The van der Waals surface area contributed by atoms with Crippen molar-refractivity contribution in [3.05, 3.63) is 41.2 Å². The number of rotatable bonds is 5. The Bertz CT molecular complexity index is 652. The molecule has 0 bridgehead atoms. The first-order chi connectivity index (χ1) is 8.98. The molecule has 0 atom stereocenters. The third kappa shape index (κ3) is 3.93. The average Bonchev–Trinajstić information content (AvgIpc) is 2.79. The first kappa shape index (κ1) is 13.8. The van der Waals surface area contributed by atoms with Crippen LogP contribution in [0.15, 0.2) is 30.6 Å². The summed E-state index contributed by atoms with van der Waals surface area (Å²) in [5.41, 5.74) is 0.999. The highest BCUT2D eigenvalue weighted by Crippen LogP contribution is 2.10. The molecular formula is C11H13ClN4O2S. The Labute approximate surface area is 116 Å². The fourth-order valence-corrected chi connectivity index (χ4v) is 2.05. The van der Waals surface area contributed by atoms with Gasteiger partial charge in [-0.05, 0) is 24.6 Å². The lowest BCUT2D eigenvalue weighted by Crippen LogP contribution is -2.15. The van der Waals surface area contributed by atoms with Crippen LogP contribution in [0.5, 0.6) is 0 Å². The summed E-state index contributed by atoms with van der Waals surface area (Å²) in [6.45, 7) is 2.05. The zero-order valence-electron chi connectivity index (χ0n) is 10.2.